The molecule has 0 fully saturated rings. The number of nitrogens with one attached hydrogen (secondary N) is 1. The van der Waals surface area contributed by atoms with Crippen LogP contribution in [0.25, 0.3) is 0 Å². The van der Waals surface area contributed by atoms with Gasteiger partial charge in [-0.25, -0.2) is 9.67 Å². The number of rotatable bonds is 7. The lowest BCUT2D eigenvalue weighted by Crippen LogP contribution is -2.32. The molecule has 1 rings (SSSR count). The summed E-state index contributed by atoms with van der Waals surface area (Å²) >= 11 is 0. The summed E-state index contributed by atoms with van der Waals surface area (Å²) in [5.41, 5.74) is 5.41. The summed E-state index contributed by atoms with van der Waals surface area (Å²) in [5.74, 6) is 0.519. The van der Waals surface area contributed by atoms with Gasteiger partial charge in [0, 0.05) is 6.54 Å². The second-order valence-electron chi connectivity index (χ2n) is 4.02. The molecule has 3 N–H and O–H groups in total. The molecule has 1 atom stereocenters. The van der Waals surface area contributed by atoms with Crippen molar-refractivity contribution >= 4 is 5.91 Å². The fourth-order valence-corrected chi connectivity index (χ4v) is 1.45. The van der Waals surface area contributed by atoms with Crippen molar-refractivity contribution in [3.63, 3.8) is 0 Å². The van der Waals surface area contributed by atoms with Crippen LogP contribution in [-0.4, -0.2) is 27.2 Å². The van der Waals surface area contributed by atoms with Gasteiger partial charge in [0.1, 0.15) is 12.4 Å². The Bertz CT molecular complexity index is 349. The summed E-state index contributed by atoms with van der Waals surface area (Å²) in [7, 11) is 0. The summed E-state index contributed by atoms with van der Waals surface area (Å²) < 4.78 is 1.54. The highest BCUT2D eigenvalue weighted by Crippen LogP contribution is 2.03. The van der Waals surface area contributed by atoms with Crippen LogP contribution in [0.2, 0.25) is 0 Å². The Balaban J connectivity index is 2.40. The van der Waals surface area contributed by atoms with E-state index in [2.05, 4.69) is 22.3 Å². The van der Waals surface area contributed by atoms with Gasteiger partial charge in [-0.2, -0.15) is 5.10 Å². The molecule has 1 heterocycles. The highest BCUT2D eigenvalue weighted by molar-refractivity contribution is 5.79. The van der Waals surface area contributed by atoms with Gasteiger partial charge in [0.05, 0.1) is 6.54 Å². The molecule has 0 aliphatic carbocycles. The highest BCUT2D eigenvalue weighted by Gasteiger charge is 2.15. The average molecular weight is 239 g/mol. The second-order valence-corrected chi connectivity index (χ2v) is 4.02. The molecule has 0 aliphatic rings. The van der Waals surface area contributed by atoms with Gasteiger partial charge < -0.3 is 11.1 Å². The molecular weight excluding hydrogens is 218 g/mol. The van der Waals surface area contributed by atoms with Gasteiger partial charge in [0.25, 0.3) is 0 Å². The number of hydrogen-bond donors (Lipinski definition) is 2. The normalized spacial score (nSPS) is 12.4. The number of amides is 1. The molecule has 6 heteroatoms. The van der Waals surface area contributed by atoms with Gasteiger partial charge in [-0.15, -0.1) is 0 Å². The number of hydrogen-bond acceptors (Lipinski definition) is 4. The van der Waals surface area contributed by atoms with E-state index in [4.69, 9.17) is 5.73 Å². The molecule has 0 aliphatic heterocycles. The first kappa shape index (κ1) is 13.6. The summed E-state index contributed by atoms with van der Waals surface area (Å²) in [5, 5.41) is 7.00. The fraction of sp³-hybridized carbons (Fsp3) is 0.727. The predicted octanol–water partition coefficient (Wildman–Crippen LogP) is 0.604. The van der Waals surface area contributed by atoms with E-state index in [1.165, 1.54) is 4.68 Å². The maximum Gasteiger partial charge on any atom is 0.244 e. The van der Waals surface area contributed by atoms with E-state index in [0.29, 0.717) is 5.82 Å². The van der Waals surface area contributed by atoms with Crippen LogP contribution < -0.4 is 11.1 Å². The van der Waals surface area contributed by atoms with Crippen LogP contribution >= 0.6 is 0 Å². The van der Waals surface area contributed by atoms with Crippen LogP contribution in [0, 0.1) is 0 Å². The standard InChI is InChI=1S/C11H21N5O/c1-3-4-5-6-13-11(17)9(2)16-8-14-10(7-12)15-16/h8-9H,3-7,12H2,1-2H3,(H,13,17). The number of nitrogens with two attached hydrogens (primary N) is 1. The zero-order valence-electron chi connectivity index (χ0n) is 10.5. The van der Waals surface area contributed by atoms with E-state index >= 15 is 0 Å². The molecule has 0 spiro atoms. The third kappa shape index (κ3) is 4.14. The minimum atomic E-state index is -0.343. The zero-order chi connectivity index (χ0) is 12.7. The van der Waals surface area contributed by atoms with E-state index < -0.39 is 0 Å². The van der Waals surface area contributed by atoms with E-state index in [0.717, 1.165) is 25.8 Å². The predicted molar refractivity (Wildman–Crippen MR) is 65.2 cm³/mol. The molecule has 1 aromatic heterocycles. The van der Waals surface area contributed by atoms with Gasteiger partial charge in [0.15, 0.2) is 5.82 Å². The first-order chi connectivity index (χ1) is 8.19. The van der Waals surface area contributed by atoms with Crippen molar-refractivity contribution in [2.24, 2.45) is 5.73 Å². The fourth-order valence-electron chi connectivity index (χ4n) is 1.45. The van der Waals surface area contributed by atoms with Crippen LogP contribution in [0.3, 0.4) is 0 Å². The molecule has 1 unspecified atom stereocenters. The SMILES string of the molecule is CCCCCNC(=O)C(C)n1cnc(CN)n1. The van der Waals surface area contributed by atoms with Crippen LogP contribution in [0.4, 0.5) is 0 Å². The number of aromatic nitrogens is 3. The Morgan fingerprint density at radius 3 is 2.94 bits per heavy atom. The molecule has 96 valence electrons. The molecule has 0 radical (unpaired) electrons. The molecule has 0 saturated carbocycles. The molecule has 0 bridgehead atoms. The van der Waals surface area contributed by atoms with Gasteiger partial charge in [-0.1, -0.05) is 19.8 Å². The summed E-state index contributed by atoms with van der Waals surface area (Å²) in [6.45, 7) is 4.94. The highest BCUT2D eigenvalue weighted by atomic mass is 16.2. The molecule has 0 aromatic carbocycles. The van der Waals surface area contributed by atoms with Crippen LogP contribution in [0.15, 0.2) is 6.33 Å². The Labute approximate surface area is 102 Å². The monoisotopic (exact) mass is 239 g/mol. The molecule has 1 amide bonds. The van der Waals surface area contributed by atoms with E-state index in [1.54, 1.807) is 13.3 Å². The summed E-state index contributed by atoms with van der Waals surface area (Å²) in [6, 6.07) is -0.343. The lowest BCUT2D eigenvalue weighted by molar-refractivity contribution is -0.124. The Kier molecular flexibility index (Phi) is 5.62. The Morgan fingerprint density at radius 1 is 1.59 bits per heavy atom. The van der Waals surface area contributed by atoms with Crippen molar-refractivity contribution < 1.29 is 4.79 Å². The molecule has 6 nitrogen and oxygen atoms in total. The van der Waals surface area contributed by atoms with Crippen molar-refractivity contribution in [1.29, 1.82) is 0 Å². The van der Waals surface area contributed by atoms with Crippen molar-refractivity contribution in [3.05, 3.63) is 12.2 Å². The van der Waals surface area contributed by atoms with E-state index in [1.807, 2.05) is 0 Å². The lowest BCUT2D eigenvalue weighted by Gasteiger charge is -2.11. The largest absolute Gasteiger partial charge is 0.354 e. The third-order valence-corrected chi connectivity index (χ3v) is 2.59. The van der Waals surface area contributed by atoms with Crippen molar-refractivity contribution in [3.8, 4) is 0 Å². The number of carbonyl (C=O) groups excluding carboxylic acids is 1. The van der Waals surface area contributed by atoms with Crippen molar-refractivity contribution in [1.82, 2.24) is 20.1 Å². The van der Waals surface area contributed by atoms with Gasteiger partial charge in [-0.3, -0.25) is 4.79 Å². The van der Waals surface area contributed by atoms with Crippen molar-refractivity contribution in [2.45, 2.75) is 45.7 Å². The number of unbranched alkanes of at least 4 members (excludes halogenated alkanes) is 2. The molecular formula is C11H21N5O. The van der Waals surface area contributed by atoms with Gasteiger partial charge in [0.2, 0.25) is 5.91 Å². The molecule has 1 aromatic rings. The smallest absolute Gasteiger partial charge is 0.244 e. The molecule has 17 heavy (non-hydrogen) atoms. The quantitative estimate of drug-likeness (QED) is 0.682. The zero-order valence-corrected chi connectivity index (χ0v) is 10.5. The number of nitrogens with zero attached hydrogens (tertiary/aromatic N) is 3. The first-order valence-electron chi connectivity index (χ1n) is 6.06. The van der Waals surface area contributed by atoms with Gasteiger partial charge in [-0.05, 0) is 13.3 Å². The van der Waals surface area contributed by atoms with Crippen LogP contribution in [0.1, 0.15) is 45.0 Å². The van der Waals surface area contributed by atoms with Gasteiger partial charge >= 0.3 is 0 Å². The minimum Gasteiger partial charge on any atom is -0.354 e. The van der Waals surface area contributed by atoms with E-state index in [9.17, 15) is 4.79 Å². The molecule has 0 saturated heterocycles. The third-order valence-electron chi connectivity index (χ3n) is 2.59. The maximum absolute atomic E-state index is 11.8. The average Bonchev–Trinajstić information content (AvgIpc) is 2.82. The minimum absolute atomic E-state index is 0.0328. The van der Waals surface area contributed by atoms with E-state index in [-0.39, 0.29) is 18.5 Å². The topological polar surface area (TPSA) is 85.8 Å². The summed E-state index contributed by atoms with van der Waals surface area (Å²) in [4.78, 5) is 15.8. The lowest BCUT2D eigenvalue weighted by atomic mass is 10.2. The Hall–Kier alpha value is -1.43. The van der Waals surface area contributed by atoms with Crippen LogP contribution in [-0.2, 0) is 11.3 Å². The van der Waals surface area contributed by atoms with Crippen molar-refractivity contribution in [2.75, 3.05) is 6.54 Å². The summed E-state index contributed by atoms with van der Waals surface area (Å²) in [6.07, 6.45) is 4.84. The second kappa shape index (κ2) is 7.01. The Morgan fingerprint density at radius 2 is 2.35 bits per heavy atom. The van der Waals surface area contributed by atoms with Crippen LogP contribution in [0.5, 0.6) is 0 Å². The number of carbonyl (C=O) groups is 1. The maximum atomic E-state index is 11.8. The first-order valence-corrected chi connectivity index (χ1v) is 6.06.